The van der Waals surface area contributed by atoms with Crippen LogP contribution in [0.3, 0.4) is 0 Å². The molecule has 0 aromatic carbocycles. The number of aromatic amines is 1. The van der Waals surface area contributed by atoms with Crippen molar-refractivity contribution in [2.24, 2.45) is 5.92 Å². The van der Waals surface area contributed by atoms with E-state index in [1.54, 1.807) is 6.07 Å². The summed E-state index contributed by atoms with van der Waals surface area (Å²) in [6.07, 6.45) is 8.12. The molecule has 2 aliphatic carbocycles. The van der Waals surface area contributed by atoms with Gasteiger partial charge in [-0.3, -0.25) is 9.89 Å². The van der Waals surface area contributed by atoms with E-state index in [2.05, 4.69) is 30.0 Å². The molecular formula is C17H19N7O. The van der Waals surface area contributed by atoms with Gasteiger partial charge in [-0.15, -0.1) is 0 Å². The zero-order valence-electron chi connectivity index (χ0n) is 13.9. The number of nitrogen functional groups attached to an aromatic ring is 1. The Morgan fingerprint density at radius 2 is 2.20 bits per heavy atom. The van der Waals surface area contributed by atoms with Gasteiger partial charge in [0.15, 0.2) is 5.82 Å². The Kier molecular flexibility index (Phi) is 2.78. The fraction of sp³-hybridized carbons (Fsp3) is 0.412. The van der Waals surface area contributed by atoms with Gasteiger partial charge in [-0.2, -0.15) is 5.10 Å². The lowest BCUT2D eigenvalue weighted by Gasteiger charge is -2.17. The number of rotatable bonds is 4. The van der Waals surface area contributed by atoms with E-state index in [1.165, 1.54) is 19.2 Å². The zero-order valence-corrected chi connectivity index (χ0v) is 13.9. The molecule has 0 spiro atoms. The van der Waals surface area contributed by atoms with E-state index >= 15 is 0 Å². The number of hydrogen-bond donors (Lipinski definition) is 3. The predicted octanol–water partition coefficient (Wildman–Crippen LogP) is 2.20. The zero-order chi connectivity index (χ0) is 17.2. The topological polar surface area (TPSA) is 115 Å². The lowest BCUT2D eigenvalue weighted by atomic mass is 10.1. The average Bonchev–Trinajstić information content (AvgIpc) is 3.49. The van der Waals surface area contributed by atoms with Gasteiger partial charge in [-0.05, 0) is 38.5 Å². The van der Waals surface area contributed by atoms with Crippen molar-refractivity contribution in [1.82, 2.24) is 24.7 Å². The van der Waals surface area contributed by atoms with E-state index < -0.39 is 0 Å². The van der Waals surface area contributed by atoms with Crippen molar-refractivity contribution >= 4 is 28.6 Å². The van der Waals surface area contributed by atoms with Crippen LogP contribution in [0, 0.1) is 12.8 Å². The number of nitrogens with two attached hydrogens (primary N) is 1. The van der Waals surface area contributed by atoms with Crippen molar-refractivity contribution < 1.29 is 4.79 Å². The molecule has 3 aromatic heterocycles. The van der Waals surface area contributed by atoms with E-state index in [0.717, 1.165) is 24.2 Å². The van der Waals surface area contributed by atoms with Crippen LogP contribution in [-0.4, -0.2) is 30.6 Å². The highest BCUT2D eigenvalue weighted by atomic mass is 16.1. The third-order valence-electron chi connectivity index (χ3n) is 5.38. The van der Waals surface area contributed by atoms with Gasteiger partial charge in [-0.25, -0.2) is 9.97 Å². The van der Waals surface area contributed by atoms with Gasteiger partial charge < -0.3 is 15.6 Å². The van der Waals surface area contributed by atoms with Crippen LogP contribution in [0.5, 0.6) is 0 Å². The van der Waals surface area contributed by atoms with Crippen LogP contribution in [-0.2, 0) is 5.54 Å². The fourth-order valence-electron chi connectivity index (χ4n) is 3.86. The Morgan fingerprint density at radius 1 is 1.40 bits per heavy atom. The number of nitrogens with one attached hydrogen (secondary N) is 2. The van der Waals surface area contributed by atoms with E-state index in [1.807, 2.05) is 13.1 Å². The predicted molar refractivity (Wildman–Crippen MR) is 93.2 cm³/mol. The van der Waals surface area contributed by atoms with Crippen LogP contribution in [0.15, 0.2) is 18.6 Å². The summed E-state index contributed by atoms with van der Waals surface area (Å²) in [7, 11) is 0. The first-order valence-corrected chi connectivity index (χ1v) is 8.54. The Morgan fingerprint density at radius 3 is 2.84 bits per heavy atom. The maximum atomic E-state index is 12.8. The van der Waals surface area contributed by atoms with Gasteiger partial charge in [0.25, 0.3) is 5.91 Å². The number of anilines is 2. The van der Waals surface area contributed by atoms with Gasteiger partial charge in [0.05, 0.1) is 10.9 Å². The lowest BCUT2D eigenvalue weighted by Crippen LogP contribution is -2.19. The normalized spacial score (nSPS) is 18.4. The quantitative estimate of drug-likeness (QED) is 0.675. The molecule has 0 aliphatic heterocycles. The minimum Gasteiger partial charge on any atom is -0.383 e. The summed E-state index contributed by atoms with van der Waals surface area (Å²) >= 11 is 0. The highest BCUT2D eigenvalue weighted by Crippen LogP contribution is 2.60. The second-order valence-corrected chi connectivity index (χ2v) is 7.14. The summed E-state index contributed by atoms with van der Waals surface area (Å²) in [5, 5.41) is 10.3. The molecule has 128 valence electrons. The van der Waals surface area contributed by atoms with Crippen molar-refractivity contribution in [3.63, 3.8) is 0 Å². The first kappa shape index (κ1) is 14.4. The molecule has 0 bridgehead atoms. The number of carbonyl (C=O) groups is 1. The number of H-pyrrole nitrogens is 1. The molecule has 5 rings (SSSR count). The smallest absolute Gasteiger partial charge is 0.259 e. The maximum absolute atomic E-state index is 12.8. The molecule has 0 atom stereocenters. The minimum atomic E-state index is -0.247. The van der Waals surface area contributed by atoms with Crippen LogP contribution in [0.2, 0.25) is 0 Å². The molecule has 1 amide bonds. The number of fused-ring (bicyclic) bond motifs is 1. The van der Waals surface area contributed by atoms with Crippen molar-refractivity contribution in [3.05, 3.63) is 29.8 Å². The first-order valence-electron chi connectivity index (χ1n) is 8.54. The van der Waals surface area contributed by atoms with Crippen LogP contribution in [0.1, 0.15) is 41.7 Å². The van der Waals surface area contributed by atoms with Crippen LogP contribution >= 0.6 is 0 Å². The Bertz CT molecular complexity index is 994. The maximum Gasteiger partial charge on any atom is 0.259 e. The van der Waals surface area contributed by atoms with Gasteiger partial charge in [0.1, 0.15) is 17.8 Å². The monoisotopic (exact) mass is 337 g/mol. The summed E-state index contributed by atoms with van der Waals surface area (Å²) in [5.74, 6) is 1.26. The van der Waals surface area contributed by atoms with Gasteiger partial charge in [0.2, 0.25) is 0 Å². The summed E-state index contributed by atoms with van der Waals surface area (Å²) in [5.41, 5.74) is 8.34. The molecule has 2 aliphatic rings. The average molecular weight is 337 g/mol. The molecule has 8 nitrogen and oxygen atoms in total. The second kappa shape index (κ2) is 4.81. The number of aryl methyl sites for hydroxylation is 1. The Labute approximate surface area is 143 Å². The fourth-order valence-corrected chi connectivity index (χ4v) is 3.86. The lowest BCUT2D eigenvalue weighted by molar-refractivity contribution is 0.102. The van der Waals surface area contributed by atoms with E-state index in [9.17, 15) is 4.79 Å². The first-order chi connectivity index (χ1) is 12.1. The molecule has 8 heteroatoms. The molecule has 0 unspecified atom stereocenters. The minimum absolute atomic E-state index is 0.112. The number of hydrogen-bond acceptors (Lipinski definition) is 5. The molecule has 0 saturated heterocycles. The van der Waals surface area contributed by atoms with E-state index in [0.29, 0.717) is 28.5 Å². The number of carbonyl (C=O) groups excluding carboxylic acids is 1. The number of amides is 1. The van der Waals surface area contributed by atoms with E-state index in [4.69, 9.17) is 5.73 Å². The second-order valence-electron chi connectivity index (χ2n) is 7.14. The van der Waals surface area contributed by atoms with Gasteiger partial charge >= 0.3 is 0 Å². The van der Waals surface area contributed by atoms with Crippen molar-refractivity contribution in [2.75, 3.05) is 11.1 Å². The number of nitrogens with zero attached hydrogens (tertiary/aromatic N) is 4. The van der Waals surface area contributed by atoms with Crippen LogP contribution in [0.4, 0.5) is 11.6 Å². The van der Waals surface area contributed by atoms with Crippen molar-refractivity contribution in [3.8, 4) is 0 Å². The standard InChI is InChI=1S/C17H19N7O/c1-9-6-12(23-22-9)21-16(25)11-7-24(17(4-5-17)10-2-3-10)15-13(11)14(18)19-8-20-15/h6-8,10H,2-5H2,1H3,(H2,18,19,20)(H2,21,22,23,25). The highest BCUT2D eigenvalue weighted by molar-refractivity contribution is 6.14. The molecule has 4 N–H and O–H groups in total. The third kappa shape index (κ3) is 2.13. The molecule has 2 fully saturated rings. The van der Waals surface area contributed by atoms with Crippen molar-refractivity contribution in [1.29, 1.82) is 0 Å². The summed E-state index contributed by atoms with van der Waals surface area (Å²) in [4.78, 5) is 21.4. The van der Waals surface area contributed by atoms with Gasteiger partial charge in [-0.1, -0.05) is 0 Å². The molecule has 0 radical (unpaired) electrons. The molecule has 25 heavy (non-hydrogen) atoms. The number of aromatic nitrogens is 5. The Balaban J connectivity index is 1.61. The highest BCUT2D eigenvalue weighted by Gasteiger charge is 2.56. The SMILES string of the molecule is Cc1cc(NC(=O)c2cn(C3(C4CC4)CC3)c3ncnc(N)c23)n[nH]1. The third-order valence-corrected chi connectivity index (χ3v) is 5.38. The Hall–Kier alpha value is -2.90. The molecular weight excluding hydrogens is 318 g/mol. The van der Waals surface area contributed by atoms with Crippen LogP contribution < -0.4 is 11.1 Å². The molecule has 3 heterocycles. The molecule has 2 saturated carbocycles. The molecule has 3 aromatic rings. The van der Waals surface area contributed by atoms with Crippen molar-refractivity contribution in [2.45, 2.75) is 38.1 Å². The summed E-state index contributed by atoms with van der Waals surface area (Å²) < 4.78 is 2.17. The largest absolute Gasteiger partial charge is 0.383 e. The van der Waals surface area contributed by atoms with Gasteiger partial charge in [0, 0.05) is 23.5 Å². The summed E-state index contributed by atoms with van der Waals surface area (Å²) in [6, 6.07) is 1.78. The van der Waals surface area contributed by atoms with E-state index in [-0.39, 0.29) is 11.4 Å². The van der Waals surface area contributed by atoms with Crippen LogP contribution in [0.25, 0.3) is 11.0 Å². The summed E-state index contributed by atoms with van der Waals surface area (Å²) in [6.45, 7) is 1.88.